The summed E-state index contributed by atoms with van der Waals surface area (Å²) in [6.07, 6.45) is -0.439. The molecule has 1 atom stereocenters. The molecule has 1 fully saturated rings. The van der Waals surface area contributed by atoms with Crippen molar-refractivity contribution >= 4 is 0 Å². The Labute approximate surface area is 127 Å². The van der Waals surface area contributed by atoms with E-state index in [1.54, 1.807) is 0 Å². The molecule has 1 aliphatic rings. The molecular weight excluding hydrogens is 266 g/mol. The Morgan fingerprint density at radius 3 is 2.57 bits per heavy atom. The second-order valence-electron chi connectivity index (χ2n) is 6.78. The van der Waals surface area contributed by atoms with Crippen LogP contribution in [-0.4, -0.2) is 50.7 Å². The number of ether oxygens (including phenoxy) is 2. The molecule has 0 saturated carbocycles. The van der Waals surface area contributed by atoms with Gasteiger partial charge in [-0.05, 0) is 17.0 Å². The number of morpholine rings is 1. The van der Waals surface area contributed by atoms with E-state index < -0.39 is 6.10 Å². The number of quaternary nitrogens is 1. The number of hydrogen-bond acceptors (Lipinski definition) is 3. The lowest BCUT2D eigenvalue weighted by Gasteiger charge is -2.26. The van der Waals surface area contributed by atoms with Crippen LogP contribution >= 0.6 is 0 Å². The third kappa shape index (κ3) is 4.99. The number of rotatable bonds is 5. The molecule has 2 rings (SSSR count). The number of aliphatic hydroxyl groups is 1. The van der Waals surface area contributed by atoms with E-state index in [2.05, 4.69) is 26.8 Å². The van der Waals surface area contributed by atoms with E-state index in [-0.39, 0.29) is 5.41 Å². The third-order valence-electron chi connectivity index (χ3n) is 3.85. The Balaban J connectivity index is 1.87. The van der Waals surface area contributed by atoms with Crippen LogP contribution in [0.3, 0.4) is 0 Å². The summed E-state index contributed by atoms with van der Waals surface area (Å²) in [6, 6.07) is 8.08. The Morgan fingerprint density at radius 1 is 1.24 bits per heavy atom. The largest absolute Gasteiger partial charge is 0.490 e. The van der Waals surface area contributed by atoms with Crippen LogP contribution < -0.4 is 9.64 Å². The summed E-state index contributed by atoms with van der Waals surface area (Å²) in [7, 11) is 0. The fourth-order valence-corrected chi connectivity index (χ4v) is 2.65. The first kappa shape index (κ1) is 16.3. The van der Waals surface area contributed by atoms with E-state index in [1.165, 1.54) is 10.5 Å². The van der Waals surface area contributed by atoms with Gasteiger partial charge < -0.3 is 19.5 Å². The molecule has 1 aromatic rings. The fourth-order valence-electron chi connectivity index (χ4n) is 2.65. The van der Waals surface area contributed by atoms with Gasteiger partial charge in [0.2, 0.25) is 0 Å². The minimum Gasteiger partial charge on any atom is -0.490 e. The average molecular weight is 294 g/mol. The van der Waals surface area contributed by atoms with Crippen LogP contribution in [0.15, 0.2) is 24.3 Å². The summed E-state index contributed by atoms with van der Waals surface area (Å²) < 4.78 is 11.2. The maximum atomic E-state index is 10.2. The van der Waals surface area contributed by atoms with Crippen LogP contribution in [0.1, 0.15) is 26.3 Å². The molecule has 0 radical (unpaired) electrons. The lowest BCUT2D eigenvalue weighted by Crippen LogP contribution is -3.15. The number of para-hydroxylation sites is 1. The Kier molecular flexibility index (Phi) is 5.62. The second kappa shape index (κ2) is 7.25. The molecular formula is C17H28NO3+. The standard InChI is InChI=1S/C17H27NO3/c1-17(2,3)15-6-4-5-7-16(15)21-13-14(19)12-18-8-10-20-11-9-18/h4-7,14,19H,8-13H2,1-3H3/p+1. The van der Waals surface area contributed by atoms with Crippen molar-refractivity contribution in [3.05, 3.63) is 29.8 Å². The van der Waals surface area contributed by atoms with Gasteiger partial charge in [0.15, 0.2) is 0 Å². The lowest BCUT2D eigenvalue weighted by atomic mass is 9.86. The van der Waals surface area contributed by atoms with Gasteiger partial charge >= 0.3 is 0 Å². The monoisotopic (exact) mass is 294 g/mol. The SMILES string of the molecule is CC(C)(C)c1ccccc1OCC(O)C[NH+]1CCOCC1. The van der Waals surface area contributed by atoms with Crippen molar-refractivity contribution < 1.29 is 19.5 Å². The first-order valence-corrected chi connectivity index (χ1v) is 7.78. The predicted octanol–water partition coefficient (Wildman–Crippen LogP) is 0.639. The Bertz CT molecular complexity index is 436. The highest BCUT2D eigenvalue weighted by Crippen LogP contribution is 2.30. The van der Waals surface area contributed by atoms with E-state index in [4.69, 9.17) is 9.47 Å². The van der Waals surface area contributed by atoms with Gasteiger partial charge in [0.05, 0.1) is 13.2 Å². The first-order valence-electron chi connectivity index (χ1n) is 7.78. The average Bonchev–Trinajstić information content (AvgIpc) is 2.45. The van der Waals surface area contributed by atoms with Crippen molar-refractivity contribution in [2.45, 2.75) is 32.3 Å². The molecule has 0 aromatic heterocycles. The summed E-state index contributed by atoms with van der Waals surface area (Å²) >= 11 is 0. The molecule has 0 spiro atoms. The molecule has 1 aliphatic heterocycles. The molecule has 1 unspecified atom stereocenters. The summed E-state index contributed by atoms with van der Waals surface area (Å²) in [5.41, 5.74) is 1.22. The minimum absolute atomic E-state index is 0.0387. The molecule has 0 bridgehead atoms. The van der Waals surface area contributed by atoms with E-state index in [1.807, 2.05) is 18.2 Å². The summed E-state index contributed by atoms with van der Waals surface area (Å²) in [4.78, 5) is 1.39. The van der Waals surface area contributed by atoms with Gasteiger partial charge in [0, 0.05) is 0 Å². The van der Waals surface area contributed by atoms with E-state index in [9.17, 15) is 5.11 Å². The molecule has 2 N–H and O–H groups in total. The third-order valence-corrected chi connectivity index (χ3v) is 3.85. The topological polar surface area (TPSA) is 43.1 Å². The predicted molar refractivity (Wildman–Crippen MR) is 83.0 cm³/mol. The molecule has 21 heavy (non-hydrogen) atoms. The van der Waals surface area contributed by atoms with Crippen LogP contribution in [0.5, 0.6) is 5.75 Å². The van der Waals surface area contributed by atoms with Crippen LogP contribution in [0.4, 0.5) is 0 Å². The normalized spacial score (nSPS) is 18.5. The van der Waals surface area contributed by atoms with Crippen LogP contribution in [-0.2, 0) is 10.2 Å². The van der Waals surface area contributed by atoms with Gasteiger partial charge in [0.25, 0.3) is 0 Å². The van der Waals surface area contributed by atoms with Crippen molar-refractivity contribution in [1.29, 1.82) is 0 Å². The molecule has 118 valence electrons. The lowest BCUT2D eigenvalue weighted by molar-refractivity contribution is -0.911. The van der Waals surface area contributed by atoms with Gasteiger partial charge in [-0.1, -0.05) is 39.0 Å². The number of benzene rings is 1. The van der Waals surface area contributed by atoms with Gasteiger partial charge in [-0.15, -0.1) is 0 Å². The van der Waals surface area contributed by atoms with Crippen LogP contribution in [0.25, 0.3) is 0 Å². The van der Waals surface area contributed by atoms with Crippen LogP contribution in [0.2, 0.25) is 0 Å². The van der Waals surface area contributed by atoms with Crippen molar-refractivity contribution in [2.24, 2.45) is 0 Å². The molecule has 1 saturated heterocycles. The van der Waals surface area contributed by atoms with E-state index in [0.717, 1.165) is 38.6 Å². The number of aliphatic hydroxyl groups excluding tert-OH is 1. The van der Waals surface area contributed by atoms with Gasteiger partial charge in [-0.2, -0.15) is 0 Å². The molecule has 1 aromatic carbocycles. The minimum atomic E-state index is -0.439. The second-order valence-corrected chi connectivity index (χ2v) is 6.78. The van der Waals surface area contributed by atoms with Gasteiger partial charge in [-0.25, -0.2) is 0 Å². The molecule has 4 nitrogen and oxygen atoms in total. The zero-order valence-corrected chi connectivity index (χ0v) is 13.4. The van der Waals surface area contributed by atoms with Crippen molar-refractivity contribution in [2.75, 3.05) is 39.5 Å². The zero-order chi connectivity index (χ0) is 15.3. The molecule has 0 amide bonds. The van der Waals surface area contributed by atoms with Crippen molar-refractivity contribution in [3.63, 3.8) is 0 Å². The number of nitrogens with one attached hydrogen (secondary N) is 1. The highest BCUT2D eigenvalue weighted by atomic mass is 16.5. The highest BCUT2D eigenvalue weighted by Gasteiger charge is 2.21. The quantitative estimate of drug-likeness (QED) is 0.837. The molecule has 0 aliphatic carbocycles. The van der Waals surface area contributed by atoms with Crippen molar-refractivity contribution in [3.8, 4) is 5.75 Å². The highest BCUT2D eigenvalue weighted by molar-refractivity contribution is 5.38. The Morgan fingerprint density at radius 2 is 1.90 bits per heavy atom. The maximum Gasteiger partial charge on any atom is 0.137 e. The summed E-state index contributed by atoms with van der Waals surface area (Å²) in [5, 5.41) is 10.2. The smallest absolute Gasteiger partial charge is 0.137 e. The first-order chi connectivity index (χ1) is 9.97. The summed E-state index contributed by atoms with van der Waals surface area (Å²) in [6.45, 7) is 11.1. The fraction of sp³-hybridized carbons (Fsp3) is 0.647. The summed E-state index contributed by atoms with van der Waals surface area (Å²) in [5.74, 6) is 0.876. The van der Waals surface area contributed by atoms with Gasteiger partial charge in [-0.3, -0.25) is 0 Å². The molecule has 1 heterocycles. The van der Waals surface area contributed by atoms with Crippen molar-refractivity contribution in [1.82, 2.24) is 0 Å². The van der Waals surface area contributed by atoms with Gasteiger partial charge in [0.1, 0.15) is 38.1 Å². The maximum absolute atomic E-state index is 10.2. The number of hydrogen-bond donors (Lipinski definition) is 2. The van der Waals surface area contributed by atoms with E-state index in [0.29, 0.717) is 6.61 Å². The Hall–Kier alpha value is -1.10. The van der Waals surface area contributed by atoms with E-state index >= 15 is 0 Å². The zero-order valence-electron chi connectivity index (χ0n) is 13.4. The van der Waals surface area contributed by atoms with Crippen LogP contribution in [0, 0.1) is 0 Å². The molecule has 4 heteroatoms.